The van der Waals surface area contributed by atoms with Crippen molar-refractivity contribution in [1.82, 2.24) is 20.5 Å². The van der Waals surface area contributed by atoms with Gasteiger partial charge in [-0.3, -0.25) is 9.59 Å². The van der Waals surface area contributed by atoms with Gasteiger partial charge >= 0.3 is 11.8 Å². The lowest BCUT2D eigenvalue weighted by Crippen LogP contribution is -2.45. The molecule has 0 atom stereocenters. The molecule has 1 aliphatic rings. The Kier molecular flexibility index (Phi) is 7.36. The van der Waals surface area contributed by atoms with E-state index in [4.69, 9.17) is 0 Å². The largest absolute Gasteiger partial charge is 0.356 e. The number of carbonyl (C=O) groups is 2. The van der Waals surface area contributed by atoms with Crippen molar-refractivity contribution in [2.75, 3.05) is 51.7 Å². The molecule has 26 heavy (non-hydrogen) atoms. The molecular weight excluding hydrogens is 332 g/mol. The van der Waals surface area contributed by atoms with E-state index in [2.05, 4.69) is 26.6 Å². The van der Waals surface area contributed by atoms with Crippen LogP contribution >= 0.6 is 0 Å². The summed E-state index contributed by atoms with van der Waals surface area (Å²) >= 11 is 0. The maximum Gasteiger partial charge on any atom is 0.309 e. The molecule has 2 rings (SSSR count). The fourth-order valence-corrected chi connectivity index (χ4v) is 2.88. The van der Waals surface area contributed by atoms with E-state index in [0.717, 1.165) is 31.7 Å². The van der Waals surface area contributed by atoms with Gasteiger partial charge in [0.05, 0.1) is 5.56 Å². The van der Waals surface area contributed by atoms with E-state index < -0.39 is 11.8 Å². The SMILES string of the molecule is CN(C)CCNC(=O)C(=O)NCC1CCN(c2ncccc2C#N)CC1. The van der Waals surface area contributed by atoms with Gasteiger partial charge in [-0.15, -0.1) is 0 Å². The monoisotopic (exact) mass is 358 g/mol. The highest BCUT2D eigenvalue weighted by molar-refractivity contribution is 6.35. The lowest BCUT2D eigenvalue weighted by Gasteiger charge is -2.33. The normalized spacial score (nSPS) is 14.8. The van der Waals surface area contributed by atoms with Crippen molar-refractivity contribution in [3.8, 4) is 6.07 Å². The second-order valence-electron chi connectivity index (χ2n) is 6.69. The molecule has 8 nitrogen and oxygen atoms in total. The van der Waals surface area contributed by atoms with E-state index in [1.165, 1.54) is 0 Å². The van der Waals surface area contributed by atoms with Gasteiger partial charge in [0.25, 0.3) is 0 Å². The standard InChI is InChI=1S/C18H26N6O2/c1-23(2)11-8-21-17(25)18(26)22-13-14-5-9-24(10-6-14)16-15(12-19)4-3-7-20-16/h3-4,7,14H,5-6,8-11,13H2,1-2H3,(H,21,25)(H,22,26). The number of aromatic nitrogens is 1. The van der Waals surface area contributed by atoms with Gasteiger partial charge in [-0.1, -0.05) is 0 Å². The number of carbonyl (C=O) groups excluding carboxylic acids is 2. The topological polar surface area (TPSA) is 101 Å². The molecule has 0 saturated carbocycles. The Hall–Kier alpha value is -2.66. The third kappa shape index (κ3) is 5.70. The number of nitrogens with one attached hydrogen (secondary N) is 2. The van der Waals surface area contributed by atoms with Crippen molar-refractivity contribution in [2.45, 2.75) is 12.8 Å². The molecule has 140 valence electrons. The van der Waals surface area contributed by atoms with Crippen molar-refractivity contribution in [2.24, 2.45) is 5.92 Å². The number of amides is 2. The number of rotatable bonds is 6. The number of anilines is 1. The Labute approximate surface area is 154 Å². The van der Waals surface area contributed by atoms with Gasteiger partial charge in [-0.2, -0.15) is 5.26 Å². The van der Waals surface area contributed by atoms with E-state index in [0.29, 0.717) is 31.1 Å². The molecule has 1 aliphatic heterocycles. The van der Waals surface area contributed by atoms with Crippen LogP contribution in [0.2, 0.25) is 0 Å². The minimum absolute atomic E-state index is 0.319. The Bertz CT molecular complexity index is 662. The molecule has 0 spiro atoms. The van der Waals surface area contributed by atoms with E-state index >= 15 is 0 Å². The number of hydrogen-bond donors (Lipinski definition) is 2. The van der Waals surface area contributed by atoms with Crippen molar-refractivity contribution < 1.29 is 9.59 Å². The van der Waals surface area contributed by atoms with Gasteiger partial charge in [-0.05, 0) is 45.0 Å². The van der Waals surface area contributed by atoms with Crippen LogP contribution in [0.3, 0.4) is 0 Å². The van der Waals surface area contributed by atoms with Gasteiger partial charge in [0.2, 0.25) is 0 Å². The summed E-state index contributed by atoms with van der Waals surface area (Å²) in [5, 5.41) is 14.5. The molecule has 0 unspecified atom stereocenters. The van der Waals surface area contributed by atoms with Crippen LogP contribution in [0, 0.1) is 17.2 Å². The second kappa shape index (κ2) is 9.73. The van der Waals surface area contributed by atoms with Crippen LogP contribution in [-0.4, -0.2) is 68.5 Å². The van der Waals surface area contributed by atoms with Gasteiger partial charge in [-0.25, -0.2) is 4.98 Å². The minimum Gasteiger partial charge on any atom is -0.356 e. The number of nitrogens with zero attached hydrogens (tertiary/aromatic N) is 4. The van der Waals surface area contributed by atoms with Crippen LogP contribution in [-0.2, 0) is 9.59 Å². The minimum atomic E-state index is -0.587. The molecule has 1 aromatic rings. The zero-order valence-electron chi connectivity index (χ0n) is 15.4. The average Bonchev–Trinajstić information content (AvgIpc) is 2.66. The van der Waals surface area contributed by atoms with Crippen LogP contribution in [0.5, 0.6) is 0 Å². The van der Waals surface area contributed by atoms with Crippen molar-refractivity contribution >= 4 is 17.6 Å². The Morgan fingerprint density at radius 2 is 2.00 bits per heavy atom. The Morgan fingerprint density at radius 3 is 2.65 bits per heavy atom. The highest BCUT2D eigenvalue weighted by Gasteiger charge is 2.23. The van der Waals surface area contributed by atoms with Gasteiger partial charge in [0.15, 0.2) is 0 Å². The second-order valence-corrected chi connectivity index (χ2v) is 6.69. The molecule has 8 heteroatoms. The third-order valence-electron chi connectivity index (χ3n) is 4.42. The van der Waals surface area contributed by atoms with Crippen LogP contribution < -0.4 is 15.5 Å². The fraction of sp³-hybridized carbons (Fsp3) is 0.556. The van der Waals surface area contributed by atoms with E-state index in [1.54, 1.807) is 18.3 Å². The molecule has 0 radical (unpaired) electrons. The first-order valence-electron chi connectivity index (χ1n) is 8.82. The molecule has 1 saturated heterocycles. The Balaban J connectivity index is 1.73. The van der Waals surface area contributed by atoms with Crippen molar-refractivity contribution in [3.63, 3.8) is 0 Å². The smallest absolute Gasteiger partial charge is 0.309 e. The number of nitriles is 1. The molecule has 0 bridgehead atoms. The lowest BCUT2D eigenvalue weighted by atomic mass is 9.96. The summed E-state index contributed by atoms with van der Waals surface area (Å²) in [4.78, 5) is 31.9. The molecule has 2 amide bonds. The summed E-state index contributed by atoms with van der Waals surface area (Å²) in [5.74, 6) is -0.129. The van der Waals surface area contributed by atoms with Crippen molar-refractivity contribution in [1.29, 1.82) is 5.26 Å². The van der Waals surface area contributed by atoms with Gasteiger partial charge < -0.3 is 20.4 Å². The summed E-state index contributed by atoms with van der Waals surface area (Å²) in [6.07, 6.45) is 3.45. The van der Waals surface area contributed by atoms with Crippen LogP contribution in [0.15, 0.2) is 18.3 Å². The summed E-state index contributed by atoms with van der Waals surface area (Å²) in [7, 11) is 3.81. The first-order valence-corrected chi connectivity index (χ1v) is 8.82. The van der Waals surface area contributed by atoms with Gasteiger partial charge in [0, 0.05) is 38.9 Å². The van der Waals surface area contributed by atoms with E-state index in [-0.39, 0.29) is 0 Å². The number of hydrogen-bond acceptors (Lipinski definition) is 6. The zero-order valence-corrected chi connectivity index (χ0v) is 15.4. The van der Waals surface area contributed by atoms with Crippen LogP contribution in [0.25, 0.3) is 0 Å². The summed E-state index contributed by atoms with van der Waals surface area (Å²) in [5.41, 5.74) is 0.577. The predicted molar refractivity (Wildman–Crippen MR) is 98.5 cm³/mol. The quantitative estimate of drug-likeness (QED) is 0.692. The number of likely N-dealkylation sites (N-methyl/N-ethyl adjacent to an activating group) is 1. The highest BCUT2D eigenvalue weighted by Crippen LogP contribution is 2.23. The molecule has 2 heterocycles. The summed E-state index contributed by atoms with van der Waals surface area (Å²) in [6.45, 7) is 3.18. The van der Waals surface area contributed by atoms with Crippen molar-refractivity contribution in [3.05, 3.63) is 23.9 Å². The van der Waals surface area contributed by atoms with Crippen LogP contribution in [0.1, 0.15) is 18.4 Å². The zero-order chi connectivity index (χ0) is 18.9. The highest BCUT2D eigenvalue weighted by atomic mass is 16.2. The molecular formula is C18H26N6O2. The molecule has 1 fully saturated rings. The molecule has 0 aliphatic carbocycles. The number of piperidine rings is 1. The summed E-state index contributed by atoms with van der Waals surface area (Å²) in [6, 6.07) is 5.70. The molecule has 1 aromatic heterocycles. The molecule has 2 N–H and O–H groups in total. The fourth-order valence-electron chi connectivity index (χ4n) is 2.88. The lowest BCUT2D eigenvalue weighted by molar-refractivity contribution is -0.139. The van der Waals surface area contributed by atoms with Gasteiger partial charge in [0.1, 0.15) is 11.9 Å². The first-order chi connectivity index (χ1) is 12.5. The predicted octanol–water partition coefficient (Wildman–Crippen LogP) is -0.0363. The maximum atomic E-state index is 11.8. The number of pyridine rings is 1. The average molecular weight is 358 g/mol. The third-order valence-corrected chi connectivity index (χ3v) is 4.42. The van der Waals surface area contributed by atoms with Crippen LogP contribution in [0.4, 0.5) is 5.82 Å². The Morgan fingerprint density at radius 1 is 1.31 bits per heavy atom. The van der Waals surface area contributed by atoms with E-state index in [1.807, 2.05) is 19.0 Å². The maximum absolute atomic E-state index is 11.8. The molecule has 0 aromatic carbocycles. The first kappa shape index (κ1) is 19.7. The summed E-state index contributed by atoms with van der Waals surface area (Å²) < 4.78 is 0. The van der Waals surface area contributed by atoms with E-state index in [9.17, 15) is 14.9 Å².